The van der Waals surface area contributed by atoms with Gasteiger partial charge in [0.2, 0.25) is 0 Å². The number of ether oxygens (including phenoxy) is 1. The van der Waals surface area contributed by atoms with Crippen LogP contribution in [0.1, 0.15) is 38.4 Å². The van der Waals surface area contributed by atoms with Crippen LogP contribution in [0.4, 0.5) is 0 Å². The van der Waals surface area contributed by atoms with Gasteiger partial charge in [0.25, 0.3) is 0 Å². The molecule has 5 heteroatoms. The van der Waals surface area contributed by atoms with E-state index in [9.17, 15) is 0 Å². The molecule has 1 aromatic rings. The van der Waals surface area contributed by atoms with Gasteiger partial charge in [-0.1, -0.05) is 31.3 Å². The zero-order valence-corrected chi connectivity index (χ0v) is 10.7. The van der Waals surface area contributed by atoms with Gasteiger partial charge in [-0.15, -0.1) is 0 Å². The minimum Gasteiger partial charge on any atom is -0.411 e. The average molecular weight is 240 g/mol. The predicted molar refractivity (Wildman–Crippen MR) is 65.1 cm³/mol. The third-order valence-corrected chi connectivity index (χ3v) is 2.67. The number of aromatic nitrogens is 2. The van der Waals surface area contributed by atoms with Crippen molar-refractivity contribution in [3.05, 3.63) is 18.2 Å². The van der Waals surface area contributed by atoms with Gasteiger partial charge < -0.3 is 9.94 Å². The Morgan fingerprint density at radius 1 is 1.47 bits per heavy atom. The van der Waals surface area contributed by atoms with Crippen molar-refractivity contribution in [1.29, 1.82) is 0 Å². The first-order valence-corrected chi connectivity index (χ1v) is 6.09. The zero-order valence-electron chi connectivity index (χ0n) is 10.7. The molecule has 0 spiro atoms. The van der Waals surface area contributed by atoms with E-state index in [1.54, 1.807) is 0 Å². The number of rotatable bonds is 8. The number of imidazole rings is 1. The monoisotopic (exact) mass is 240 g/mol. The summed E-state index contributed by atoms with van der Waals surface area (Å²) in [6, 6.07) is 0. The lowest BCUT2D eigenvalue weighted by Gasteiger charge is -2.02. The molecule has 0 saturated carbocycles. The minimum atomic E-state index is 0.494. The van der Waals surface area contributed by atoms with Crippen molar-refractivity contribution in [3.63, 3.8) is 0 Å². The summed E-state index contributed by atoms with van der Waals surface area (Å²) in [5.74, 6) is 0.807. The van der Waals surface area contributed by atoms with Crippen LogP contribution in [-0.4, -0.2) is 22.6 Å². The average Bonchev–Trinajstić information content (AvgIpc) is 2.66. The molecule has 0 atom stereocenters. The molecule has 1 heterocycles. The summed E-state index contributed by atoms with van der Waals surface area (Å²) in [4.78, 5) is 0. The fourth-order valence-electron chi connectivity index (χ4n) is 1.66. The van der Waals surface area contributed by atoms with E-state index < -0.39 is 0 Å². The fraction of sp³-hybridized carbons (Fsp3) is 0.667. The summed E-state index contributed by atoms with van der Waals surface area (Å²) in [6.45, 7) is 3.47. The largest absolute Gasteiger partial charge is 0.411 e. The Hall–Kier alpha value is -1.36. The zero-order chi connectivity index (χ0) is 12.5. The Labute approximate surface area is 102 Å². The number of hydrogen-bond acceptors (Lipinski definition) is 3. The quantitative estimate of drug-likeness (QED) is 0.247. The number of unbranched alkanes of at least 4 members (excludes halogenated alkanes) is 3. The summed E-state index contributed by atoms with van der Waals surface area (Å²) in [5, 5.41) is 11.6. The van der Waals surface area contributed by atoms with Crippen LogP contribution >= 0.6 is 0 Å². The van der Waals surface area contributed by atoms with Crippen molar-refractivity contribution in [1.82, 2.24) is 4.57 Å². The van der Waals surface area contributed by atoms with Crippen LogP contribution in [-0.2, 0) is 18.5 Å². The molecule has 0 aliphatic carbocycles. The molecule has 1 aromatic heterocycles. The van der Waals surface area contributed by atoms with E-state index in [1.165, 1.54) is 25.5 Å². The number of aryl methyl sites for hydroxylation is 1. The molecule has 5 nitrogen and oxygen atoms in total. The first kappa shape index (κ1) is 13.7. The van der Waals surface area contributed by atoms with Crippen molar-refractivity contribution in [2.75, 3.05) is 6.61 Å². The molecule has 17 heavy (non-hydrogen) atoms. The Bertz CT molecular complexity index is 348. The van der Waals surface area contributed by atoms with Crippen molar-refractivity contribution in [2.45, 2.75) is 39.3 Å². The van der Waals surface area contributed by atoms with Gasteiger partial charge in [0.1, 0.15) is 12.4 Å². The Morgan fingerprint density at radius 3 is 3.00 bits per heavy atom. The molecule has 96 valence electrons. The van der Waals surface area contributed by atoms with Gasteiger partial charge in [-0.25, -0.2) is 9.13 Å². The summed E-state index contributed by atoms with van der Waals surface area (Å²) in [5.41, 5.74) is 0. The van der Waals surface area contributed by atoms with Crippen LogP contribution < -0.4 is 4.57 Å². The van der Waals surface area contributed by atoms with Crippen LogP contribution in [0.2, 0.25) is 0 Å². The maximum Gasteiger partial charge on any atom is 0.305 e. The van der Waals surface area contributed by atoms with Gasteiger partial charge in [-0.05, 0) is 6.42 Å². The van der Waals surface area contributed by atoms with E-state index in [0.717, 1.165) is 18.9 Å². The molecule has 0 aromatic carbocycles. The Kier molecular flexibility index (Phi) is 6.32. The smallest absolute Gasteiger partial charge is 0.305 e. The minimum absolute atomic E-state index is 0.494. The molecule has 0 bridgehead atoms. The van der Waals surface area contributed by atoms with Gasteiger partial charge in [0.05, 0.1) is 13.7 Å². The van der Waals surface area contributed by atoms with Crippen LogP contribution in [0.15, 0.2) is 17.5 Å². The molecular formula is C12H22N3O2+. The fourth-order valence-corrected chi connectivity index (χ4v) is 1.66. The van der Waals surface area contributed by atoms with Crippen molar-refractivity contribution in [3.8, 4) is 0 Å². The molecule has 1 rings (SSSR count). The van der Waals surface area contributed by atoms with E-state index in [2.05, 4.69) is 12.1 Å². The summed E-state index contributed by atoms with van der Waals surface area (Å²) < 4.78 is 9.35. The van der Waals surface area contributed by atoms with Gasteiger partial charge in [-0.2, -0.15) is 0 Å². The van der Waals surface area contributed by atoms with Gasteiger partial charge in [0, 0.05) is 0 Å². The number of oxime groups is 1. The second kappa shape index (κ2) is 7.84. The molecular weight excluding hydrogens is 218 g/mol. The van der Waals surface area contributed by atoms with E-state index in [0.29, 0.717) is 6.73 Å². The first-order chi connectivity index (χ1) is 8.29. The molecule has 0 aliphatic rings. The van der Waals surface area contributed by atoms with Crippen LogP contribution in [0.25, 0.3) is 0 Å². The molecule has 0 radical (unpaired) electrons. The first-order valence-electron chi connectivity index (χ1n) is 6.09. The lowest BCUT2D eigenvalue weighted by Crippen LogP contribution is -2.32. The summed E-state index contributed by atoms with van der Waals surface area (Å²) in [7, 11) is 1.90. The predicted octanol–water partition coefficient (Wildman–Crippen LogP) is 1.68. The van der Waals surface area contributed by atoms with Gasteiger partial charge in [0.15, 0.2) is 12.9 Å². The van der Waals surface area contributed by atoms with E-state index in [1.807, 2.05) is 28.6 Å². The van der Waals surface area contributed by atoms with E-state index >= 15 is 0 Å². The van der Waals surface area contributed by atoms with E-state index in [4.69, 9.17) is 9.94 Å². The molecule has 0 fully saturated rings. The standard InChI is InChI=1S/C12H21N3O2/c1-3-4-5-6-9-17-11-15-8-7-14(2)12(15)10-13-16/h7-8,10H,3-6,9,11H2,1-2H3/p+1. The third-order valence-electron chi connectivity index (χ3n) is 2.67. The van der Waals surface area contributed by atoms with Crippen molar-refractivity contribution < 1.29 is 14.5 Å². The lowest BCUT2D eigenvalue weighted by atomic mass is 10.2. The molecule has 0 aliphatic heterocycles. The highest BCUT2D eigenvalue weighted by Crippen LogP contribution is 2.00. The van der Waals surface area contributed by atoms with E-state index in [-0.39, 0.29) is 0 Å². The second-order valence-corrected chi connectivity index (χ2v) is 4.08. The maximum absolute atomic E-state index is 8.56. The third kappa shape index (κ3) is 4.56. The van der Waals surface area contributed by atoms with Crippen LogP contribution in [0, 0.1) is 0 Å². The lowest BCUT2D eigenvalue weighted by molar-refractivity contribution is -0.672. The topological polar surface area (TPSA) is 50.6 Å². The summed E-state index contributed by atoms with van der Waals surface area (Å²) >= 11 is 0. The Morgan fingerprint density at radius 2 is 2.29 bits per heavy atom. The van der Waals surface area contributed by atoms with Crippen molar-refractivity contribution >= 4 is 6.21 Å². The maximum atomic E-state index is 8.56. The molecule has 1 N–H and O–H groups in total. The Balaban J connectivity index is 2.31. The molecule has 0 amide bonds. The normalized spacial score (nSPS) is 11.4. The highest BCUT2D eigenvalue weighted by atomic mass is 16.5. The highest BCUT2D eigenvalue weighted by molar-refractivity contribution is 5.72. The molecule has 0 unspecified atom stereocenters. The summed E-state index contributed by atoms with van der Waals surface area (Å²) in [6.07, 6.45) is 10.0. The van der Waals surface area contributed by atoms with Crippen LogP contribution in [0.3, 0.4) is 0 Å². The second-order valence-electron chi connectivity index (χ2n) is 4.08. The molecule has 0 saturated heterocycles. The van der Waals surface area contributed by atoms with Crippen LogP contribution in [0.5, 0.6) is 0 Å². The highest BCUT2D eigenvalue weighted by Gasteiger charge is 2.11. The number of nitrogens with zero attached hydrogens (tertiary/aromatic N) is 3. The SMILES string of the molecule is CCCCCCOCn1cc[n+](C)c1C=NO. The van der Waals surface area contributed by atoms with Crippen molar-refractivity contribution in [2.24, 2.45) is 12.2 Å². The van der Waals surface area contributed by atoms with Gasteiger partial charge in [-0.3, -0.25) is 0 Å². The number of hydrogen-bond donors (Lipinski definition) is 1. The van der Waals surface area contributed by atoms with Gasteiger partial charge >= 0.3 is 5.82 Å².